The molecule has 0 unspecified atom stereocenters. The summed E-state index contributed by atoms with van der Waals surface area (Å²) in [5.41, 5.74) is 5.69. The molecule has 0 fully saturated rings. The maximum Gasteiger partial charge on any atom is 0.258 e. The third kappa shape index (κ3) is 4.09. The minimum Gasteiger partial charge on any atom is -0.322 e. The molecule has 1 aromatic heterocycles. The van der Waals surface area contributed by atoms with E-state index in [0.29, 0.717) is 17.1 Å². The first kappa shape index (κ1) is 20.2. The molecule has 1 aliphatic rings. The van der Waals surface area contributed by atoms with Crippen molar-refractivity contribution in [2.24, 2.45) is 0 Å². The van der Waals surface area contributed by atoms with E-state index in [1.54, 1.807) is 30.2 Å². The molecule has 1 N–H and O–H groups in total. The predicted molar refractivity (Wildman–Crippen MR) is 120 cm³/mol. The van der Waals surface area contributed by atoms with Gasteiger partial charge >= 0.3 is 0 Å². The van der Waals surface area contributed by atoms with Crippen LogP contribution in [-0.2, 0) is 11.2 Å². The lowest BCUT2D eigenvalue weighted by atomic mass is 10.1. The number of aromatic nitrogens is 1. The molecule has 0 atom stereocenters. The summed E-state index contributed by atoms with van der Waals surface area (Å²) in [5, 5.41) is 3.65. The third-order valence-electron chi connectivity index (χ3n) is 5.32. The van der Waals surface area contributed by atoms with Gasteiger partial charge in [0.05, 0.1) is 5.56 Å². The van der Waals surface area contributed by atoms with Crippen LogP contribution in [0.25, 0.3) is 0 Å². The van der Waals surface area contributed by atoms with Crippen LogP contribution in [0.15, 0.2) is 64.6 Å². The number of hydrogen-bond donors (Lipinski definition) is 1. The highest BCUT2D eigenvalue weighted by molar-refractivity contribution is 7.99. The van der Waals surface area contributed by atoms with Crippen LogP contribution in [0.3, 0.4) is 0 Å². The van der Waals surface area contributed by atoms with Crippen LogP contribution in [0, 0.1) is 13.8 Å². The van der Waals surface area contributed by atoms with Crippen molar-refractivity contribution in [2.45, 2.75) is 37.1 Å². The van der Waals surface area contributed by atoms with Crippen LogP contribution < -0.4 is 10.2 Å². The summed E-state index contributed by atoms with van der Waals surface area (Å²) in [4.78, 5) is 32.0. The van der Waals surface area contributed by atoms with E-state index in [9.17, 15) is 9.59 Å². The Morgan fingerprint density at radius 3 is 2.67 bits per heavy atom. The number of carbonyl (C=O) groups excluding carboxylic acids is 2. The van der Waals surface area contributed by atoms with Gasteiger partial charge in [0.1, 0.15) is 5.03 Å². The second-order valence-electron chi connectivity index (χ2n) is 7.42. The van der Waals surface area contributed by atoms with E-state index in [1.807, 2.05) is 24.3 Å². The monoisotopic (exact) mass is 417 g/mol. The Morgan fingerprint density at radius 2 is 1.90 bits per heavy atom. The zero-order chi connectivity index (χ0) is 21.3. The van der Waals surface area contributed by atoms with E-state index in [2.05, 4.69) is 36.3 Å². The van der Waals surface area contributed by atoms with Crippen LogP contribution in [-0.4, -0.2) is 23.3 Å². The lowest BCUT2D eigenvalue weighted by Gasteiger charge is -2.15. The first-order chi connectivity index (χ1) is 14.4. The summed E-state index contributed by atoms with van der Waals surface area (Å²) in [6.07, 6.45) is 2.49. The highest BCUT2D eigenvalue weighted by Crippen LogP contribution is 2.32. The van der Waals surface area contributed by atoms with Gasteiger partial charge < -0.3 is 10.2 Å². The summed E-state index contributed by atoms with van der Waals surface area (Å²) >= 11 is 1.48. The molecule has 0 spiro atoms. The number of amides is 2. The molecule has 2 heterocycles. The number of nitrogens with zero attached hydrogens (tertiary/aromatic N) is 2. The maximum absolute atomic E-state index is 13.0. The Bertz CT molecular complexity index is 1140. The summed E-state index contributed by atoms with van der Waals surface area (Å²) in [5.74, 6) is -0.162. The lowest BCUT2D eigenvalue weighted by molar-refractivity contribution is -0.116. The molecule has 3 aromatic rings. The number of anilines is 2. The number of nitrogens with one attached hydrogen (secondary N) is 1. The van der Waals surface area contributed by atoms with E-state index >= 15 is 0 Å². The fraction of sp³-hybridized carbons (Fsp3) is 0.208. The maximum atomic E-state index is 13.0. The Kier molecular flexibility index (Phi) is 5.59. The van der Waals surface area contributed by atoms with Crippen molar-refractivity contribution >= 4 is 35.0 Å². The minimum absolute atomic E-state index is 0.0360. The number of rotatable bonds is 4. The average Bonchev–Trinajstić information content (AvgIpc) is 3.15. The van der Waals surface area contributed by atoms with E-state index in [4.69, 9.17) is 0 Å². The average molecular weight is 418 g/mol. The molecule has 30 heavy (non-hydrogen) atoms. The van der Waals surface area contributed by atoms with Crippen LogP contribution in [0.4, 0.5) is 11.4 Å². The topological polar surface area (TPSA) is 62.3 Å². The molecule has 0 bridgehead atoms. The number of carbonyl (C=O) groups is 2. The van der Waals surface area contributed by atoms with Crippen LogP contribution >= 0.6 is 11.8 Å². The van der Waals surface area contributed by atoms with E-state index in [-0.39, 0.29) is 11.8 Å². The molecule has 0 saturated heterocycles. The lowest BCUT2D eigenvalue weighted by Crippen LogP contribution is -2.25. The molecule has 0 aliphatic carbocycles. The highest BCUT2D eigenvalue weighted by atomic mass is 32.2. The molecule has 152 valence electrons. The van der Waals surface area contributed by atoms with Gasteiger partial charge in [-0.3, -0.25) is 9.59 Å². The number of pyridine rings is 1. The molecule has 2 aromatic carbocycles. The van der Waals surface area contributed by atoms with Gasteiger partial charge in [0.15, 0.2) is 0 Å². The zero-order valence-electron chi connectivity index (χ0n) is 17.2. The van der Waals surface area contributed by atoms with Gasteiger partial charge in [-0.2, -0.15) is 0 Å². The molecule has 0 radical (unpaired) electrons. The van der Waals surface area contributed by atoms with Gasteiger partial charge in [-0.1, -0.05) is 17.8 Å². The Morgan fingerprint density at radius 1 is 1.07 bits per heavy atom. The molecule has 6 heteroatoms. The highest BCUT2D eigenvalue weighted by Gasteiger charge is 2.22. The molecular weight excluding hydrogens is 394 g/mol. The van der Waals surface area contributed by atoms with Crippen LogP contribution in [0.5, 0.6) is 0 Å². The van der Waals surface area contributed by atoms with Crippen molar-refractivity contribution < 1.29 is 9.59 Å². The van der Waals surface area contributed by atoms with Gasteiger partial charge in [0.25, 0.3) is 5.91 Å². The number of benzene rings is 2. The number of fused-ring (bicyclic) bond motifs is 1. The van der Waals surface area contributed by atoms with Crippen molar-refractivity contribution in [2.75, 3.05) is 16.8 Å². The van der Waals surface area contributed by atoms with E-state index in [1.165, 1.54) is 22.9 Å². The molecule has 1 aliphatic heterocycles. The summed E-state index contributed by atoms with van der Waals surface area (Å²) in [6.45, 7) is 6.41. The minimum atomic E-state index is -0.198. The zero-order valence-corrected chi connectivity index (χ0v) is 18.0. The van der Waals surface area contributed by atoms with Crippen molar-refractivity contribution in [3.63, 3.8) is 0 Å². The predicted octanol–water partition coefficient (Wildman–Crippen LogP) is 5.01. The third-order valence-corrected chi connectivity index (χ3v) is 6.33. The largest absolute Gasteiger partial charge is 0.322 e. The molecule has 5 nitrogen and oxygen atoms in total. The van der Waals surface area contributed by atoms with Crippen LogP contribution in [0.1, 0.15) is 34.0 Å². The fourth-order valence-electron chi connectivity index (χ4n) is 3.54. The first-order valence-electron chi connectivity index (χ1n) is 9.85. The Hall–Kier alpha value is -3.12. The SMILES string of the molecule is CC(=O)N1CCc2cc(NC(=O)c3cccnc3Sc3ccc(C)c(C)c3)ccc21. The fourth-order valence-corrected chi connectivity index (χ4v) is 4.52. The number of aryl methyl sites for hydroxylation is 2. The van der Waals surface area contributed by atoms with Crippen molar-refractivity contribution in [1.29, 1.82) is 0 Å². The van der Waals surface area contributed by atoms with Crippen molar-refractivity contribution in [3.05, 3.63) is 77.0 Å². The molecule has 4 rings (SSSR count). The van der Waals surface area contributed by atoms with E-state index < -0.39 is 0 Å². The first-order valence-corrected chi connectivity index (χ1v) is 10.7. The van der Waals surface area contributed by atoms with E-state index in [0.717, 1.165) is 28.3 Å². The van der Waals surface area contributed by atoms with Gasteiger partial charge in [0.2, 0.25) is 5.91 Å². The molecular formula is C24H23N3O2S. The molecule has 2 amide bonds. The van der Waals surface area contributed by atoms with Crippen molar-refractivity contribution in [1.82, 2.24) is 4.98 Å². The van der Waals surface area contributed by atoms with Crippen molar-refractivity contribution in [3.8, 4) is 0 Å². The van der Waals surface area contributed by atoms with Gasteiger partial charge in [-0.05, 0) is 79.4 Å². The van der Waals surface area contributed by atoms with Gasteiger partial charge in [-0.25, -0.2) is 4.98 Å². The summed E-state index contributed by atoms with van der Waals surface area (Å²) < 4.78 is 0. The molecule has 0 saturated carbocycles. The summed E-state index contributed by atoms with van der Waals surface area (Å²) in [6, 6.07) is 15.5. The Labute approximate surface area is 180 Å². The normalized spacial score (nSPS) is 12.6. The standard InChI is InChI=1S/C24H23N3O2S/c1-15-6-8-20(13-16(15)2)30-24-21(5-4-11-25-24)23(29)26-19-7-9-22-18(14-19)10-12-27(22)17(3)28/h4-9,11,13-14H,10,12H2,1-3H3,(H,26,29). The van der Waals surface area contributed by atoms with Gasteiger partial charge in [-0.15, -0.1) is 0 Å². The smallest absolute Gasteiger partial charge is 0.258 e. The van der Waals surface area contributed by atoms with Gasteiger partial charge in [0, 0.05) is 35.9 Å². The number of hydrogen-bond acceptors (Lipinski definition) is 4. The second kappa shape index (κ2) is 8.32. The second-order valence-corrected chi connectivity index (χ2v) is 8.48. The quantitative estimate of drug-likeness (QED) is 0.648. The summed E-state index contributed by atoms with van der Waals surface area (Å²) in [7, 11) is 0. The van der Waals surface area contributed by atoms with Crippen LogP contribution in [0.2, 0.25) is 0 Å². The Balaban J connectivity index is 1.55.